The van der Waals surface area contributed by atoms with Crippen molar-refractivity contribution in [3.8, 4) is 0 Å². The summed E-state index contributed by atoms with van der Waals surface area (Å²) in [5.74, 6) is -0.0754. The molecule has 1 aromatic carbocycles. The number of H-pyrrole nitrogens is 1. The predicted molar refractivity (Wildman–Crippen MR) is 114 cm³/mol. The van der Waals surface area contributed by atoms with E-state index in [0.717, 1.165) is 16.6 Å². The Kier molecular flexibility index (Phi) is 5.01. The second-order valence-electron chi connectivity index (χ2n) is 6.12. The summed E-state index contributed by atoms with van der Waals surface area (Å²) in [5.41, 5.74) is 2.60. The number of aromatic amines is 1. The van der Waals surface area contributed by atoms with Crippen LogP contribution < -0.4 is 10.9 Å². The van der Waals surface area contributed by atoms with E-state index in [0.29, 0.717) is 27.9 Å². The Balaban J connectivity index is 1.67. The third-order valence-corrected chi connectivity index (χ3v) is 5.94. The molecule has 0 saturated carbocycles. The average Bonchev–Trinajstić information content (AvgIpc) is 3.26. The number of rotatable bonds is 6. The zero-order valence-corrected chi connectivity index (χ0v) is 16.7. The van der Waals surface area contributed by atoms with Gasteiger partial charge < -0.3 is 10.3 Å². The summed E-state index contributed by atoms with van der Waals surface area (Å²) in [5, 5.41) is 6.56. The molecule has 0 aliphatic heterocycles. The molecule has 0 aliphatic carbocycles. The van der Waals surface area contributed by atoms with Gasteiger partial charge in [0, 0.05) is 22.8 Å². The number of carbonyl (C=O) groups is 1. The first-order valence-electron chi connectivity index (χ1n) is 8.53. The lowest BCUT2D eigenvalue weighted by molar-refractivity contribution is -0.113. The van der Waals surface area contributed by atoms with E-state index in [-0.39, 0.29) is 17.2 Å². The van der Waals surface area contributed by atoms with Crippen LogP contribution >= 0.6 is 23.1 Å². The van der Waals surface area contributed by atoms with E-state index in [2.05, 4.69) is 26.8 Å². The number of nitrogens with zero attached hydrogens (tertiary/aromatic N) is 3. The Morgan fingerprint density at radius 1 is 1.39 bits per heavy atom. The molecule has 142 valence electrons. The van der Waals surface area contributed by atoms with Crippen LogP contribution in [0.3, 0.4) is 0 Å². The highest BCUT2D eigenvalue weighted by molar-refractivity contribution is 7.99. The Hall–Kier alpha value is -2.91. The van der Waals surface area contributed by atoms with Gasteiger partial charge in [-0.15, -0.1) is 17.9 Å². The zero-order valence-electron chi connectivity index (χ0n) is 15.1. The molecule has 0 unspecified atom stereocenters. The molecule has 1 amide bonds. The summed E-state index contributed by atoms with van der Waals surface area (Å²) in [7, 11) is 0. The Bertz CT molecular complexity index is 1250. The van der Waals surface area contributed by atoms with Crippen molar-refractivity contribution in [1.82, 2.24) is 19.5 Å². The fourth-order valence-electron chi connectivity index (χ4n) is 2.87. The lowest BCUT2D eigenvalue weighted by atomic mass is 10.2. The monoisotopic (exact) mass is 411 g/mol. The molecule has 0 saturated heterocycles. The number of aryl methyl sites for hydroxylation is 1. The van der Waals surface area contributed by atoms with Crippen molar-refractivity contribution >= 4 is 56.1 Å². The van der Waals surface area contributed by atoms with Gasteiger partial charge in [0.15, 0.2) is 10.3 Å². The average molecular weight is 412 g/mol. The minimum Gasteiger partial charge on any atom is -0.349 e. The lowest BCUT2D eigenvalue weighted by Gasteiger charge is -2.10. The van der Waals surface area contributed by atoms with E-state index in [1.807, 2.05) is 36.6 Å². The fraction of sp³-hybridized carbons (Fsp3) is 0.158. The molecule has 28 heavy (non-hydrogen) atoms. The third-order valence-electron chi connectivity index (χ3n) is 4.09. The molecular formula is C19H17N5O2S2. The van der Waals surface area contributed by atoms with Crippen molar-refractivity contribution in [2.45, 2.75) is 18.6 Å². The van der Waals surface area contributed by atoms with Crippen LogP contribution in [0.5, 0.6) is 0 Å². The molecule has 0 aliphatic rings. The van der Waals surface area contributed by atoms with E-state index in [1.54, 1.807) is 6.08 Å². The van der Waals surface area contributed by atoms with Crippen LogP contribution in [0.2, 0.25) is 0 Å². The predicted octanol–water partition coefficient (Wildman–Crippen LogP) is 3.56. The van der Waals surface area contributed by atoms with E-state index >= 15 is 0 Å². The Labute approximate surface area is 168 Å². The highest BCUT2D eigenvalue weighted by Crippen LogP contribution is 2.25. The number of benzene rings is 1. The summed E-state index contributed by atoms with van der Waals surface area (Å²) in [6, 6.07) is 7.64. The number of allylic oxidation sites excluding steroid dienone is 1. The lowest BCUT2D eigenvalue weighted by Crippen LogP contribution is -2.23. The summed E-state index contributed by atoms with van der Waals surface area (Å²) in [4.78, 5) is 37.3. The van der Waals surface area contributed by atoms with E-state index in [9.17, 15) is 9.59 Å². The maximum atomic E-state index is 13.0. The van der Waals surface area contributed by atoms with Gasteiger partial charge >= 0.3 is 0 Å². The molecule has 4 aromatic rings. The molecule has 0 spiro atoms. The number of fused-ring (bicyclic) bond motifs is 3. The van der Waals surface area contributed by atoms with Gasteiger partial charge in [-0.1, -0.05) is 36.0 Å². The van der Waals surface area contributed by atoms with Crippen molar-refractivity contribution in [2.75, 3.05) is 11.1 Å². The minimum atomic E-state index is -0.197. The molecule has 0 fully saturated rings. The van der Waals surface area contributed by atoms with Crippen LogP contribution in [0.15, 0.2) is 52.3 Å². The van der Waals surface area contributed by atoms with E-state index in [4.69, 9.17) is 0 Å². The van der Waals surface area contributed by atoms with Gasteiger partial charge in [0.25, 0.3) is 5.56 Å². The summed E-state index contributed by atoms with van der Waals surface area (Å²) in [6.07, 6.45) is 1.64. The smallest absolute Gasteiger partial charge is 0.278 e. The first-order valence-corrected chi connectivity index (χ1v) is 10.4. The number of amides is 1. The minimum absolute atomic E-state index is 0.121. The van der Waals surface area contributed by atoms with Crippen molar-refractivity contribution in [2.24, 2.45) is 0 Å². The second-order valence-corrected chi connectivity index (χ2v) is 7.92. The maximum absolute atomic E-state index is 13.0. The van der Waals surface area contributed by atoms with Gasteiger partial charge in [-0.25, -0.2) is 9.97 Å². The van der Waals surface area contributed by atoms with Crippen LogP contribution in [0.25, 0.3) is 21.9 Å². The highest BCUT2D eigenvalue weighted by atomic mass is 32.2. The van der Waals surface area contributed by atoms with Gasteiger partial charge in [0.2, 0.25) is 5.91 Å². The summed E-state index contributed by atoms with van der Waals surface area (Å²) < 4.78 is 1.52. The van der Waals surface area contributed by atoms with Crippen molar-refractivity contribution in [3.05, 3.63) is 58.3 Å². The van der Waals surface area contributed by atoms with Crippen LogP contribution in [-0.2, 0) is 11.3 Å². The molecule has 7 nitrogen and oxygen atoms in total. The third kappa shape index (κ3) is 3.46. The second kappa shape index (κ2) is 7.61. The molecule has 0 atom stereocenters. The maximum Gasteiger partial charge on any atom is 0.278 e. The Morgan fingerprint density at radius 2 is 2.21 bits per heavy atom. The summed E-state index contributed by atoms with van der Waals surface area (Å²) in [6.45, 7) is 5.90. The number of thioether (sulfide) groups is 1. The van der Waals surface area contributed by atoms with Gasteiger partial charge in [-0.05, 0) is 13.0 Å². The number of nitrogens with one attached hydrogen (secondary N) is 2. The quantitative estimate of drug-likeness (QED) is 0.287. The van der Waals surface area contributed by atoms with Gasteiger partial charge in [0.1, 0.15) is 11.0 Å². The number of carbonyl (C=O) groups excluding carboxylic acids is 1. The topological polar surface area (TPSA) is 92.7 Å². The van der Waals surface area contributed by atoms with Crippen molar-refractivity contribution in [3.63, 3.8) is 0 Å². The molecule has 0 radical (unpaired) electrons. The van der Waals surface area contributed by atoms with E-state index in [1.165, 1.54) is 27.7 Å². The highest BCUT2D eigenvalue weighted by Gasteiger charge is 2.16. The first kappa shape index (κ1) is 18.5. The normalized spacial score (nSPS) is 11.2. The molecule has 9 heteroatoms. The standard InChI is InChI=1S/C19H17N5O2S2/c1-3-8-24-17(26)16-15(12-6-4-5-7-13(12)21-16)23-19(24)28-10-14(25)22-18-20-11(2)9-27-18/h3-7,9,21H,1,8,10H2,2H3,(H,20,22,25). The number of para-hydroxylation sites is 1. The number of hydrogen-bond acceptors (Lipinski definition) is 6. The number of hydrogen-bond donors (Lipinski definition) is 2. The molecule has 3 aromatic heterocycles. The van der Waals surface area contributed by atoms with E-state index < -0.39 is 0 Å². The van der Waals surface area contributed by atoms with Crippen LogP contribution in [0.4, 0.5) is 5.13 Å². The SMILES string of the molecule is C=CCn1c(SCC(=O)Nc2nc(C)cs2)nc2c([nH]c3ccccc32)c1=O. The van der Waals surface area contributed by atoms with Crippen LogP contribution in [-0.4, -0.2) is 31.2 Å². The molecule has 0 bridgehead atoms. The first-order chi connectivity index (χ1) is 13.6. The number of anilines is 1. The number of thiazole rings is 1. The van der Waals surface area contributed by atoms with Crippen LogP contribution in [0, 0.1) is 6.92 Å². The largest absolute Gasteiger partial charge is 0.349 e. The summed E-state index contributed by atoms with van der Waals surface area (Å²) >= 11 is 2.59. The van der Waals surface area contributed by atoms with Crippen molar-refractivity contribution in [1.29, 1.82) is 0 Å². The molecule has 2 N–H and O–H groups in total. The fourth-order valence-corrected chi connectivity index (χ4v) is 4.38. The van der Waals surface area contributed by atoms with Crippen molar-refractivity contribution < 1.29 is 4.79 Å². The molecular weight excluding hydrogens is 394 g/mol. The zero-order chi connectivity index (χ0) is 19.7. The number of aromatic nitrogens is 4. The van der Waals surface area contributed by atoms with Gasteiger partial charge in [-0.2, -0.15) is 0 Å². The van der Waals surface area contributed by atoms with Gasteiger partial charge in [0.05, 0.1) is 11.4 Å². The molecule has 4 rings (SSSR count). The molecule has 3 heterocycles. The van der Waals surface area contributed by atoms with Gasteiger partial charge in [-0.3, -0.25) is 14.2 Å². The van der Waals surface area contributed by atoms with Crippen LogP contribution in [0.1, 0.15) is 5.69 Å². The Morgan fingerprint density at radius 3 is 2.96 bits per heavy atom.